The van der Waals surface area contributed by atoms with E-state index in [-0.39, 0.29) is 29.7 Å². The van der Waals surface area contributed by atoms with E-state index in [9.17, 15) is 9.18 Å². The van der Waals surface area contributed by atoms with Gasteiger partial charge in [-0.05, 0) is 18.2 Å². The van der Waals surface area contributed by atoms with Gasteiger partial charge in [0.15, 0.2) is 16.7 Å². The predicted octanol–water partition coefficient (Wildman–Crippen LogP) is 3.25. The van der Waals surface area contributed by atoms with Crippen molar-refractivity contribution in [2.75, 3.05) is 20.5 Å². The van der Waals surface area contributed by atoms with Crippen molar-refractivity contribution in [2.45, 2.75) is 17.5 Å². The van der Waals surface area contributed by atoms with Crippen molar-refractivity contribution in [3.05, 3.63) is 58.5 Å². The molecule has 4 aromatic rings. The summed E-state index contributed by atoms with van der Waals surface area (Å²) in [7, 11) is 1.57. The van der Waals surface area contributed by atoms with E-state index in [1.165, 1.54) is 23.9 Å². The number of aromatic nitrogens is 4. The summed E-state index contributed by atoms with van der Waals surface area (Å²) < 4.78 is 36.3. The molecule has 0 saturated carbocycles. The van der Waals surface area contributed by atoms with Gasteiger partial charge in [0.2, 0.25) is 18.5 Å². The highest BCUT2D eigenvalue weighted by atomic mass is 32.2. The summed E-state index contributed by atoms with van der Waals surface area (Å²) >= 11 is 1.28. The van der Waals surface area contributed by atoms with Crippen molar-refractivity contribution in [2.24, 2.45) is 0 Å². The lowest BCUT2D eigenvalue weighted by atomic mass is 10.2. The van der Waals surface area contributed by atoms with Crippen LogP contribution in [-0.2, 0) is 17.0 Å². The second-order valence-corrected chi connectivity index (χ2v) is 7.82. The van der Waals surface area contributed by atoms with Gasteiger partial charge in [0, 0.05) is 18.7 Å². The minimum atomic E-state index is -0.383. The van der Waals surface area contributed by atoms with Crippen LogP contribution in [0.25, 0.3) is 22.3 Å². The zero-order chi connectivity index (χ0) is 22.1. The maximum Gasteiger partial charge on any atom is 0.262 e. The van der Waals surface area contributed by atoms with E-state index < -0.39 is 0 Å². The Balaban J connectivity index is 1.45. The maximum atomic E-state index is 13.5. The minimum absolute atomic E-state index is 0.107. The van der Waals surface area contributed by atoms with Gasteiger partial charge in [0.05, 0.1) is 29.8 Å². The minimum Gasteiger partial charge on any atom is -0.454 e. The largest absolute Gasteiger partial charge is 0.454 e. The maximum absolute atomic E-state index is 13.5. The van der Waals surface area contributed by atoms with Crippen LogP contribution >= 0.6 is 11.8 Å². The van der Waals surface area contributed by atoms with Crippen LogP contribution in [0.3, 0.4) is 0 Å². The molecule has 5 rings (SSSR count). The first-order valence-electron chi connectivity index (χ1n) is 9.67. The van der Waals surface area contributed by atoms with Crippen LogP contribution in [0.5, 0.6) is 11.5 Å². The van der Waals surface area contributed by atoms with Crippen LogP contribution in [0.15, 0.2) is 50.9 Å². The molecule has 0 saturated heterocycles. The molecule has 2 aromatic carbocycles. The molecule has 0 radical (unpaired) electrons. The third kappa shape index (κ3) is 3.92. The van der Waals surface area contributed by atoms with E-state index in [0.29, 0.717) is 52.2 Å². The zero-order valence-corrected chi connectivity index (χ0v) is 17.7. The molecule has 9 nitrogen and oxygen atoms in total. The molecule has 1 aliphatic rings. The Morgan fingerprint density at radius 2 is 2.03 bits per heavy atom. The first-order chi connectivity index (χ1) is 15.6. The van der Waals surface area contributed by atoms with Crippen molar-refractivity contribution in [3.8, 4) is 22.9 Å². The number of methoxy groups -OCH3 is 1. The molecule has 0 atom stereocenters. The van der Waals surface area contributed by atoms with Crippen molar-refractivity contribution in [3.63, 3.8) is 0 Å². The normalized spacial score (nSPS) is 12.6. The Morgan fingerprint density at radius 1 is 1.19 bits per heavy atom. The van der Waals surface area contributed by atoms with Gasteiger partial charge in [-0.1, -0.05) is 29.1 Å². The van der Waals surface area contributed by atoms with Crippen LogP contribution in [-0.4, -0.2) is 40.2 Å². The Kier molecular flexibility index (Phi) is 5.50. The summed E-state index contributed by atoms with van der Waals surface area (Å²) in [6.07, 6.45) is 0. The lowest BCUT2D eigenvalue weighted by molar-refractivity contribution is 0.174. The molecule has 0 aliphatic carbocycles. The molecule has 0 fully saturated rings. The van der Waals surface area contributed by atoms with Crippen molar-refractivity contribution >= 4 is 22.7 Å². The molecule has 2 aromatic heterocycles. The zero-order valence-electron chi connectivity index (χ0n) is 16.9. The lowest BCUT2D eigenvalue weighted by Crippen LogP contribution is -2.25. The molecule has 164 valence electrons. The number of hydrogen-bond acceptors (Lipinski definition) is 9. The topological polar surface area (TPSA) is 102 Å². The lowest BCUT2D eigenvalue weighted by Gasteiger charge is -2.12. The molecule has 0 bridgehead atoms. The standard InChI is InChI=1S/C21H17FN4O5S/c1-28-6-5-26-20(27)14-8-16-17(30-11-29-16)9-15(14)23-21(26)32-10-18-24-19(25-31-18)12-3-2-4-13(22)7-12/h2-4,7-9H,5-6,10-11H2,1H3. The quantitative estimate of drug-likeness (QED) is 0.306. The summed E-state index contributed by atoms with van der Waals surface area (Å²) in [4.78, 5) is 22.1. The molecule has 32 heavy (non-hydrogen) atoms. The average molecular weight is 456 g/mol. The first kappa shape index (κ1) is 20.5. The van der Waals surface area contributed by atoms with Crippen molar-refractivity contribution < 1.29 is 23.1 Å². The Bertz CT molecular complexity index is 1360. The van der Waals surface area contributed by atoms with E-state index in [1.807, 2.05) is 0 Å². The third-order valence-corrected chi connectivity index (χ3v) is 5.77. The van der Waals surface area contributed by atoms with E-state index in [2.05, 4.69) is 15.1 Å². The van der Waals surface area contributed by atoms with Crippen LogP contribution in [0.1, 0.15) is 5.89 Å². The summed E-state index contributed by atoms with van der Waals surface area (Å²) in [6, 6.07) is 9.29. The Morgan fingerprint density at radius 3 is 2.84 bits per heavy atom. The second kappa shape index (κ2) is 8.60. The van der Waals surface area contributed by atoms with Crippen LogP contribution < -0.4 is 15.0 Å². The Hall–Kier alpha value is -3.44. The van der Waals surface area contributed by atoms with E-state index >= 15 is 0 Å². The number of benzene rings is 2. The number of halogens is 1. The number of hydrogen-bond donors (Lipinski definition) is 0. The van der Waals surface area contributed by atoms with Gasteiger partial charge >= 0.3 is 0 Å². The molecular formula is C21H17FN4O5S. The number of nitrogens with zero attached hydrogens (tertiary/aromatic N) is 4. The van der Waals surface area contributed by atoms with E-state index in [1.54, 1.807) is 35.9 Å². The number of fused-ring (bicyclic) bond motifs is 2. The van der Waals surface area contributed by atoms with Gasteiger partial charge in [0.25, 0.3) is 5.56 Å². The molecule has 0 spiro atoms. The first-order valence-corrected chi connectivity index (χ1v) is 10.7. The fourth-order valence-corrected chi connectivity index (χ4v) is 4.13. The van der Waals surface area contributed by atoms with Crippen LogP contribution in [0, 0.1) is 5.82 Å². The van der Waals surface area contributed by atoms with Crippen LogP contribution in [0.4, 0.5) is 4.39 Å². The molecule has 3 heterocycles. The number of thioether (sulfide) groups is 1. The van der Waals surface area contributed by atoms with Gasteiger partial charge in [-0.15, -0.1) is 0 Å². The highest BCUT2D eigenvalue weighted by molar-refractivity contribution is 7.98. The summed E-state index contributed by atoms with van der Waals surface area (Å²) in [5, 5.41) is 4.82. The summed E-state index contributed by atoms with van der Waals surface area (Å²) in [6.45, 7) is 0.777. The predicted molar refractivity (Wildman–Crippen MR) is 113 cm³/mol. The van der Waals surface area contributed by atoms with Gasteiger partial charge in [-0.2, -0.15) is 4.98 Å². The third-order valence-electron chi connectivity index (χ3n) is 4.81. The molecule has 0 unspecified atom stereocenters. The molecule has 0 N–H and O–H groups in total. The highest BCUT2D eigenvalue weighted by Gasteiger charge is 2.20. The van der Waals surface area contributed by atoms with Crippen molar-refractivity contribution in [1.29, 1.82) is 0 Å². The fraction of sp³-hybridized carbons (Fsp3) is 0.238. The van der Waals surface area contributed by atoms with Gasteiger partial charge in [-0.25, -0.2) is 9.37 Å². The van der Waals surface area contributed by atoms with Crippen LogP contribution in [0.2, 0.25) is 0 Å². The average Bonchev–Trinajstić information content (AvgIpc) is 3.45. The van der Waals surface area contributed by atoms with E-state index in [0.717, 1.165) is 0 Å². The smallest absolute Gasteiger partial charge is 0.262 e. The fourth-order valence-electron chi connectivity index (χ4n) is 3.27. The summed E-state index contributed by atoms with van der Waals surface area (Å²) in [5.41, 5.74) is 0.808. The second-order valence-electron chi connectivity index (χ2n) is 6.88. The van der Waals surface area contributed by atoms with Gasteiger partial charge in [0.1, 0.15) is 5.82 Å². The molecule has 11 heteroatoms. The Labute approximate surface area is 185 Å². The van der Waals surface area contributed by atoms with Gasteiger partial charge < -0.3 is 18.7 Å². The van der Waals surface area contributed by atoms with Crippen molar-refractivity contribution in [1.82, 2.24) is 19.7 Å². The SMILES string of the molecule is COCCn1c(SCc2nc(-c3cccc(F)c3)no2)nc2cc3c(cc2c1=O)OCO3. The summed E-state index contributed by atoms with van der Waals surface area (Å²) in [5.74, 6) is 1.57. The monoisotopic (exact) mass is 456 g/mol. The molecule has 0 amide bonds. The van der Waals surface area contributed by atoms with Gasteiger partial charge in [-0.3, -0.25) is 9.36 Å². The number of rotatable bonds is 7. The highest BCUT2D eigenvalue weighted by Crippen LogP contribution is 2.35. The van der Waals surface area contributed by atoms with E-state index in [4.69, 9.17) is 18.7 Å². The number of ether oxygens (including phenoxy) is 3. The molecular weight excluding hydrogens is 439 g/mol. The molecule has 1 aliphatic heterocycles.